The number of hydrogen-bond donors (Lipinski definition) is 1. The van der Waals surface area contributed by atoms with Crippen LogP contribution in [-0.4, -0.2) is 18.3 Å². The Morgan fingerprint density at radius 3 is 2.69 bits per heavy atom. The van der Waals surface area contributed by atoms with Gasteiger partial charge in [0.05, 0.1) is 12.4 Å². The highest BCUT2D eigenvalue weighted by Gasteiger charge is 2.31. The second-order valence-electron chi connectivity index (χ2n) is 4.56. The summed E-state index contributed by atoms with van der Waals surface area (Å²) in [6.45, 7) is 0. The number of furan rings is 1. The van der Waals surface area contributed by atoms with E-state index in [-0.39, 0.29) is 6.10 Å². The maximum Gasteiger partial charge on any atom is 0.138 e. The van der Waals surface area contributed by atoms with Gasteiger partial charge in [-0.15, -0.1) is 0 Å². The van der Waals surface area contributed by atoms with Gasteiger partial charge in [-0.1, -0.05) is 19.3 Å². The van der Waals surface area contributed by atoms with Gasteiger partial charge in [0, 0.05) is 7.11 Å². The second-order valence-corrected chi connectivity index (χ2v) is 4.56. The summed E-state index contributed by atoms with van der Waals surface area (Å²) in [5, 5.41) is 10.2. The van der Waals surface area contributed by atoms with E-state index in [0.29, 0.717) is 11.7 Å². The largest absolute Gasteiger partial charge is 0.466 e. The summed E-state index contributed by atoms with van der Waals surface area (Å²) in [5.41, 5.74) is 0. The quantitative estimate of drug-likeness (QED) is 0.855. The molecule has 1 aliphatic carbocycles. The van der Waals surface area contributed by atoms with Crippen LogP contribution in [0.15, 0.2) is 22.8 Å². The van der Waals surface area contributed by atoms with Crippen molar-refractivity contribution in [2.24, 2.45) is 5.92 Å². The fraction of sp³-hybridized carbons (Fsp3) is 0.692. The van der Waals surface area contributed by atoms with Gasteiger partial charge in [0.2, 0.25) is 0 Å². The van der Waals surface area contributed by atoms with Gasteiger partial charge in [0.1, 0.15) is 11.9 Å². The van der Waals surface area contributed by atoms with Crippen molar-refractivity contribution in [3.8, 4) is 0 Å². The zero-order valence-electron chi connectivity index (χ0n) is 9.76. The smallest absolute Gasteiger partial charge is 0.138 e. The van der Waals surface area contributed by atoms with Crippen LogP contribution in [0.2, 0.25) is 0 Å². The molecule has 0 aliphatic heterocycles. The summed E-state index contributed by atoms with van der Waals surface area (Å²) in [5.74, 6) is 1.07. The molecule has 1 aromatic rings. The molecular formula is C13H20O3. The molecule has 2 rings (SSSR count). The predicted octanol–water partition coefficient (Wildman–Crippen LogP) is 2.91. The molecule has 2 atom stereocenters. The molecule has 0 spiro atoms. The van der Waals surface area contributed by atoms with Crippen molar-refractivity contribution >= 4 is 0 Å². The first-order chi connectivity index (χ1) is 7.83. The van der Waals surface area contributed by atoms with Crippen LogP contribution < -0.4 is 0 Å². The van der Waals surface area contributed by atoms with E-state index in [1.807, 2.05) is 0 Å². The molecule has 1 fully saturated rings. The Kier molecular flexibility index (Phi) is 4.02. The van der Waals surface area contributed by atoms with Crippen molar-refractivity contribution in [1.82, 2.24) is 0 Å². The lowest BCUT2D eigenvalue weighted by Gasteiger charge is -2.31. The molecule has 1 heterocycles. The average molecular weight is 224 g/mol. The fourth-order valence-electron chi connectivity index (χ4n) is 2.66. The van der Waals surface area contributed by atoms with Gasteiger partial charge < -0.3 is 14.3 Å². The molecule has 1 aromatic heterocycles. The first-order valence-electron chi connectivity index (χ1n) is 6.07. The monoisotopic (exact) mass is 224 g/mol. The van der Waals surface area contributed by atoms with Gasteiger partial charge in [0.25, 0.3) is 0 Å². The van der Waals surface area contributed by atoms with E-state index in [4.69, 9.17) is 9.15 Å². The summed E-state index contributed by atoms with van der Waals surface area (Å²) in [6.07, 6.45) is 6.92. The van der Waals surface area contributed by atoms with Gasteiger partial charge in [-0.05, 0) is 30.9 Å². The molecule has 16 heavy (non-hydrogen) atoms. The van der Waals surface area contributed by atoms with Crippen molar-refractivity contribution in [3.63, 3.8) is 0 Å². The Morgan fingerprint density at radius 2 is 2.12 bits per heavy atom. The van der Waals surface area contributed by atoms with Crippen molar-refractivity contribution < 1.29 is 14.3 Å². The summed E-state index contributed by atoms with van der Waals surface area (Å²) in [6, 6.07) is 3.60. The summed E-state index contributed by atoms with van der Waals surface area (Å²) >= 11 is 0. The Morgan fingerprint density at radius 1 is 1.38 bits per heavy atom. The van der Waals surface area contributed by atoms with E-state index in [9.17, 15) is 5.11 Å². The molecule has 0 bridgehead atoms. The van der Waals surface area contributed by atoms with Crippen LogP contribution >= 0.6 is 0 Å². The van der Waals surface area contributed by atoms with Gasteiger partial charge in [-0.3, -0.25) is 0 Å². The second kappa shape index (κ2) is 5.51. The zero-order valence-corrected chi connectivity index (χ0v) is 9.76. The lowest BCUT2D eigenvalue weighted by molar-refractivity contribution is -0.0637. The van der Waals surface area contributed by atoms with Gasteiger partial charge in [-0.2, -0.15) is 0 Å². The third-order valence-electron chi connectivity index (χ3n) is 3.53. The first-order valence-corrected chi connectivity index (χ1v) is 6.07. The number of rotatable bonds is 4. The van der Waals surface area contributed by atoms with E-state index in [2.05, 4.69) is 0 Å². The van der Waals surface area contributed by atoms with E-state index < -0.39 is 6.10 Å². The van der Waals surface area contributed by atoms with E-state index >= 15 is 0 Å². The standard InChI is InChI=1S/C13H20O3/c1-15-13(10-6-3-2-4-7-10)12(14)11-8-5-9-16-11/h5,8-10,12-14H,2-4,6-7H2,1H3. The maximum atomic E-state index is 10.2. The van der Waals surface area contributed by atoms with Gasteiger partial charge in [0.15, 0.2) is 0 Å². The van der Waals surface area contributed by atoms with Crippen molar-refractivity contribution in [2.75, 3.05) is 7.11 Å². The lowest BCUT2D eigenvalue weighted by atomic mass is 9.83. The molecule has 0 amide bonds. The van der Waals surface area contributed by atoms with Crippen LogP contribution in [0.5, 0.6) is 0 Å². The predicted molar refractivity (Wildman–Crippen MR) is 61.0 cm³/mol. The highest BCUT2D eigenvalue weighted by Crippen LogP contribution is 2.34. The molecule has 0 saturated heterocycles. The van der Waals surface area contributed by atoms with Gasteiger partial charge in [-0.25, -0.2) is 0 Å². The molecule has 0 radical (unpaired) electrons. The molecule has 0 aromatic carbocycles. The number of ether oxygens (including phenoxy) is 1. The molecule has 2 unspecified atom stereocenters. The Hall–Kier alpha value is -0.800. The minimum absolute atomic E-state index is 0.133. The molecular weight excluding hydrogens is 204 g/mol. The molecule has 3 nitrogen and oxygen atoms in total. The lowest BCUT2D eigenvalue weighted by Crippen LogP contribution is -2.31. The van der Waals surface area contributed by atoms with Crippen molar-refractivity contribution in [1.29, 1.82) is 0 Å². The van der Waals surface area contributed by atoms with Crippen molar-refractivity contribution in [2.45, 2.75) is 44.3 Å². The maximum absolute atomic E-state index is 10.2. The van der Waals surface area contributed by atoms with Crippen LogP contribution in [0.3, 0.4) is 0 Å². The van der Waals surface area contributed by atoms with Crippen LogP contribution in [-0.2, 0) is 4.74 Å². The number of hydrogen-bond acceptors (Lipinski definition) is 3. The average Bonchev–Trinajstić information content (AvgIpc) is 2.85. The number of aliphatic hydroxyl groups excluding tert-OH is 1. The highest BCUT2D eigenvalue weighted by molar-refractivity contribution is 5.04. The van der Waals surface area contributed by atoms with E-state index in [1.165, 1.54) is 19.3 Å². The topological polar surface area (TPSA) is 42.6 Å². The van der Waals surface area contributed by atoms with Crippen LogP contribution in [0.4, 0.5) is 0 Å². The molecule has 1 saturated carbocycles. The molecule has 3 heteroatoms. The highest BCUT2D eigenvalue weighted by atomic mass is 16.5. The van der Waals surface area contributed by atoms with Crippen LogP contribution in [0.1, 0.15) is 44.0 Å². The third-order valence-corrected chi connectivity index (χ3v) is 3.53. The third kappa shape index (κ3) is 2.47. The van der Waals surface area contributed by atoms with Crippen LogP contribution in [0.25, 0.3) is 0 Å². The Bertz CT molecular complexity index is 288. The minimum Gasteiger partial charge on any atom is -0.466 e. The number of methoxy groups -OCH3 is 1. The summed E-state index contributed by atoms with van der Waals surface area (Å²) in [4.78, 5) is 0. The summed E-state index contributed by atoms with van der Waals surface area (Å²) in [7, 11) is 1.67. The Labute approximate surface area is 96.4 Å². The zero-order chi connectivity index (χ0) is 11.4. The van der Waals surface area contributed by atoms with E-state index in [1.54, 1.807) is 25.5 Å². The number of aliphatic hydroxyl groups is 1. The summed E-state index contributed by atoms with van der Waals surface area (Å²) < 4.78 is 10.7. The van der Waals surface area contributed by atoms with Crippen molar-refractivity contribution in [3.05, 3.63) is 24.2 Å². The normalized spacial score (nSPS) is 21.9. The molecule has 1 N–H and O–H groups in total. The minimum atomic E-state index is -0.636. The fourth-order valence-corrected chi connectivity index (χ4v) is 2.66. The van der Waals surface area contributed by atoms with Crippen LogP contribution in [0, 0.1) is 5.92 Å². The Balaban J connectivity index is 2.03. The first kappa shape index (κ1) is 11.7. The molecule has 1 aliphatic rings. The molecule has 90 valence electrons. The SMILES string of the molecule is COC(C1CCCCC1)C(O)c1ccco1. The van der Waals surface area contributed by atoms with Gasteiger partial charge >= 0.3 is 0 Å². The van der Waals surface area contributed by atoms with E-state index in [0.717, 1.165) is 12.8 Å².